The van der Waals surface area contributed by atoms with Crippen LogP contribution in [0.4, 0.5) is 0 Å². The standard InChI is InChI=1S/C19H38O2.In/c1-2-3-4-5-6-7-8-9-10-11-12-13-14-15-16-17-18-19(20)21;/h2-18H2,1H3,(H,20,21);. The van der Waals surface area contributed by atoms with Crippen molar-refractivity contribution in [3.05, 3.63) is 0 Å². The molecule has 129 valence electrons. The second-order valence-electron chi connectivity index (χ2n) is 6.45. The summed E-state index contributed by atoms with van der Waals surface area (Å²) in [6, 6.07) is 0. The minimum absolute atomic E-state index is 0. The monoisotopic (exact) mass is 413 g/mol. The molecule has 1 N–H and O–H groups in total. The topological polar surface area (TPSA) is 37.3 Å². The molecule has 3 heteroatoms. The maximum atomic E-state index is 10.3. The Balaban J connectivity index is 0. The molecule has 0 bridgehead atoms. The number of rotatable bonds is 17. The summed E-state index contributed by atoms with van der Waals surface area (Å²) < 4.78 is 0. The van der Waals surface area contributed by atoms with Crippen molar-refractivity contribution in [1.29, 1.82) is 0 Å². The number of carbonyl (C=O) groups is 1. The van der Waals surface area contributed by atoms with Gasteiger partial charge in [0.1, 0.15) is 0 Å². The smallest absolute Gasteiger partial charge is 0.303 e. The minimum Gasteiger partial charge on any atom is -0.481 e. The Morgan fingerprint density at radius 1 is 0.591 bits per heavy atom. The molecule has 0 amide bonds. The van der Waals surface area contributed by atoms with Crippen LogP contribution in [0.15, 0.2) is 0 Å². The normalized spacial score (nSPS) is 10.4. The SMILES string of the molecule is CCCCCCCCCCCCCCCCCCC(=O)O.[In]. The Kier molecular flexibility index (Phi) is 23.9. The summed E-state index contributed by atoms with van der Waals surface area (Å²) in [5.41, 5.74) is 0. The predicted molar refractivity (Wildman–Crippen MR) is 97.6 cm³/mol. The molecule has 0 saturated heterocycles. The molecule has 0 aromatic rings. The molecule has 0 atom stereocenters. The van der Waals surface area contributed by atoms with E-state index in [0.717, 1.165) is 12.8 Å². The Labute approximate surface area is 157 Å². The molecule has 22 heavy (non-hydrogen) atoms. The molecule has 2 nitrogen and oxygen atoms in total. The van der Waals surface area contributed by atoms with Crippen molar-refractivity contribution in [2.24, 2.45) is 0 Å². The second kappa shape index (κ2) is 21.3. The molecule has 0 unspecified atom stereocenters. The van der Waals surface area contributed by atoms with Crippen LogP contribution in [0.25, 0.3) is 0 Å². The Hall–Kier alpha value is 0.340. The summed E-state index contributed by atoms with van der Waals surface area (Å²) in [4.78, 5) is 10.3. The molecule has 0 aromatic carbocycles. The third kappa shape index (κ3) is 22.6. The van der Waals surface area contributed by atoms with Crippen LogP contribution in [0.2, 0.25) is 0 Å². The fourth-order valence-corrected chi connectivity index (χ4v) is 2.82. The fraction of sp³-hybridized carbons (Fsp3) is 0.947. The molecule has 0 aliphatic carbocycles. The summed E-state index contributed by atoms with van der Waals surface area (Å²) in [6.07, 6.45) is 21.7. The quantitative estimate of drug-likeness (QED) is 0.283. The number of aliphatic carboxylic acids is 1. The fourth-order valence-electron chi connectivity index (χ4n) is 2.82. The third-order valence-corrected chi connectivity index (χ3v) is 4.24. The van der Waals surface area contributed by atoms with Gasteiger partial charge in [-0.25, -0.2) is 0 Å². The third-order valence-electron chi connectivity index (χ3n) is 4.24. The summed E-state index contributed by atoms with van der Waals surface area (Å²) >= 11 is 0. The molecular formula is C19H38InO2. The molecule has 0 aromatic heterocycles. The number of unbranched alkanes of at least 4 members (excludes halogenated alkanes) is 15. The molecule has 0 heterocycles. The van der Waals surface area contributed by atoms with E-state index < -0.39 is 5.97 Å². The summed E-state index contributed by atoms with van der Waals surface area (Å²) in [5.74, 6) is -0.652. The zero-order chi connectivity index (χ0) is 15.6. The van der Waals surface area contributed by atoms with Gasteiger partial charge in [0.25, 0.3) is 0 Å². The first-order valence-electron chi connectivity index (χ1n) is 9.49. The van der Waals surface area contributed by atoms with Crippen LogP contribution < -0.4 is 0 Å². The van der Waals surface area contributed by atoms with Crippen molar-refractivity contribution in [2.45, 2.75) is 116 Å². The Morgan fingerprint density at radius 3 is 1.14 bits per heavy atom. The number of hydrogen-bond acceptors (Lipinski definition) is 1. The van der Waals surface area contributed by atoms with E-state index in [9.17, 15) is 4.79 Å². The van der Waals surface area contributed by atoms with Crippen LogP contribution >= 0.6 is 0 Å². The van der Waals surface area contributed by atoms with Gasteiger partial charge in [0.2, 0.25) is 0 Å². The molecule has 0 aliphatic heterocycles. The van der Waals surface area contributed by atoms with Gasteiger partial charge in [-0.1, -0.05) is 103 Å². The molecule has 0 rings (SSSR count). The van der Waals surface area contributed by atoms with Crippen molar-refractivity contribution in [1.82, 2.24) is 0 Å². The van der Waals surface area contributed by atoms with Crippen molar-refractivity contribution in [3.63, 3.8) is 0 Å². The maximum Gasteiger partial charge on any atom is 0.303 e. The zero-order valence-electron chi connectivity index (χ0n) is 15.0. The summed E-state index contributed by atoms with van der Waals surface area (Å²) in [5, 5.41) is 8.53. The van der Waals surface area contributed by atoms with Gasteiger partial charge >= 0.3 is 5.97 Å². The molecule has 3 radical (unpaired) electrons. The minimum atomic E-state index is -0.652. The summed E-state index contributed by atoms with van der Waals surface area (Å²) in [6.45, 7) is 2.27. The number of carboxylic acid groups (broad SMARTS) is 1. The molecule has 0 aliphatic rings. The first-order chi connectivity index (χ1) is 10.3. The van der Waals surface area contributed by atoms with Gasteiger partial charge in [0.05, 0.1) is 0 Å². The van der Waals surface area contributed by atoms with E-state index in [2.05, 4.69) is 6.92 Å². The van der Waals surface area contributed by atoms with E-state index in [-0.39, 0.29) is 25.8 Å². The van der Waals surface area contributed by atoms with Crippen LogP contribution in [0.1, 0.15) is 116 Å². The van der Waals surface area contributed by atoms with Crippen LogP contribution in [-0.2, 0) is 4.79 Å². The first-order valence-corrected chi connectivity index (χ1v) is 9.49. The summed E-state index contributed by atoms with van der Waals surface area (Å²) in [7, 11) is 0. The number of hydrogen-bond donors (Lipinski definition) is 1. The number of carboxylic acids is 1. The average molecular weight is 413 g/mol. The van der Waals surface area contributed by atoms with Gasteiger partial charge in [-0.15, -0.1) is 0 Å². The van der Waals surface area contributed by atoms with Crippen LogP contribution in [0, 0.1) is 0 Å². The van der Waals surface area contributed by atoms with Gasteiger partial charge in [0.15, 0.2) is 0 Å². The van der Waals surface area contributed by atoms with E-state index >= 15 is 0 Å². The largest absolute Gasteiger partial charge is 0.481 e. The van der Waals surface area contributed by atoms with E-state index in [1.54, 1.807) is 0 Å². The van der Waals surface area contributed by atoms with Gasteiger partial charge < -0.3 is 5.11 Å². The second-order valence-corrected chi connectivity index (χ2v) is 6.45. The van der Waals surface area contributed by atoms with E-state index in [0.29, 0.717) is 6.42 Å². The molecule has 0 spiro atoms. The van der Waals surface area contributed by atoms with Crippen molar-refractivity contribution >= 4 is 31.8 Å². The van der Waals surface area contributed by atoms with Gasteiger partial charge in [-0.3, -0.25) is 4.79 Å². The molecule has 0 saturated carbocycles. The van der Waals surface area contributed by atoms with E-state index in [4.69, 9.17) is 5.11 Å². The average Bonchev–Trinajstić information content (AvgIpc) is 2.46. The Bertz CT molecular complexity index is 219. The van der Waals surface area contributed by atoms with Crippen molar-refractivity contribution < 1.29 is 9.90 Å². The van der Waals surface area contributed by atoms with Gasteiger partial charge in [-0.2, -0.15) is 0 Å². The van der Waals surface area contributed by atoms with Crippen LogP contribution in [0.3, 0.4) is 0 Å². The maximum absolute atomic E-state index is 10.3. The van der Waals surface area contributed by atoms with Gasteiger partial charge in [0, 0.05) is 32.3 Å². The predicted octanol–water partition coefficient (Wildman–Crippen LogP) is 6.34. The van der Waals surface area contributed by atoms with Crippen molar-refractivity contribution in [3.8, 4) is 0 Å². The van der Waals surface area contributed by atoms with E-state index in [1.807, 2.05) is 0 Å². The molecular weight excluding hydrogens is 375 g/mol. The van der Waals surface area contributed by atoms with Crippen molar-refractivity contribution in [2.75, 3.05) is 0 Å². The Morgan fingerprint density at radius 2 is 0.864 bits per heavy atom. The van der Waals surface area contributed by atoms with Gasteiger partial charge in [-0.05, 0) is 6.42 Å². The molecule has 0 fully saturated rings. The van der Waals surface area contributed by atoms with Crippen LogP contribution in [-0.4, -0.2) is 36.9 Å². The van der Waals surface area contributed by atoms with Crippen LogP contribution in [0.5, 0.6) is 0 Å². The first kappa shape index (κ1) is 24.6. The zero-order valence-corrected chi connectivity index (χ0v) is 18.2. The van der Waals surface area contributed by atoms with E-state index in [1.165, 1.54) is 89.9 Å².